The van der Waals surface area contributed by atoms with Crippen molar-refractivity contribution in [2.45, 2.75) is 30.9 Å². The molecule has 0 saturated heterocycles. The molecule has 0 aromatic heterocycles. The first kappa shape index (κ1) is 14.6. The van der Waals surface area contributed by atoms with E-state index in [9.17, 15) is 8.42 Å². The van der Waals surface area contributed by atoms with Gasteiger partial charge in [0.15, 0.2) is 9.84 Å². The van der Waals surface area contributed by atoms with Crippen molar-refractivity contribution in [3.05, 3.63) is 59.2 Å². The summed E-state index contributed by atoms with van der Waals surface area (Å²) in [6.07, 6.45) is 0.942. The highest BCUT2D eigenvalue weighted by Gasteiger charge is 2.18. The van der Waals surface area contributed by atoms with Crippen molar-refractivity contribution in [2.24, 2.45) is 0 Å². The number of rotatable bonds is 4. The van der Waals surface area contributed by atoms with Crippen LogP contribution < -0.4 is 5.73 Å². The predicted molar refractivity (Wildman–Crippen MR) is 82.3 cm³/mol. The zero-order chi connectivity index (χ0) is 14.8. The van der Waals surface area contributed by atoms with Gasteiger partial charge < -0.3 is 5.73 Å². The number of hydrogen-bond donors (Lipinski definition) is 1. The van der Waals surface area contributed by atoms with Crippen LogP contribution >= 0.6 is 0 Å². The molecule has 0 fully saturated rings. The van der Waals surface area contributed by atoms with E-state index in [1.54, 1.807) is 12.1 Å². The van der Waals surface area contributed by atoms with Crippen LogP contribution in [-0.2, 0) is 22.0 Å². The number of benzene rings is 2. The Kier molecular flexibility index (Phi) is 4.14. The molecule has 0 aliphatic carbocycles. The molecule has 0 aliphatic rings. The van der Waals surface area contributed by atoms with Gasteiger partial charge in [0, 0.05) is 0 Å². The van der Waals surface area contributed by atoms with Gasteiger partial charge in [0.2, 0.25) is 0 Å². The maximum atomic E-state index is 12.4. The van der Waals surface area contributed by atoms with Crippen LogP contribution in [-0.4, -0.2) is 8.42 Å². The van der Waals surface area contributed by atoms with Crippen LogP contribution in [0.1, 0.15) is 23.6 Å². The van der Waals surface area contributed by atoms with Crippen molar-refractivity contribution >= 4 is 15.5 Å². The molecule has 2 aromatic rings. The minimum absolute atomic E-state index is 0.0232. The van der Waals surface area contributed by atoms with Gasteiger partial charge in [0.25, 0.3) is 0 Å². The van der Waals surface area contributed by atoms with E-state index in [0.717, 1.165) is 17.5 Å². The van der Waals surface area contributed by atoms with Crippen LogP contribution in [0.25, 0.3) is 0 Å². The smallest absolute Gasteiger partial charge is 0.184 e. The van der Waals surface area contributed by atoms with Gasteiger partial charge in [-0.2, -0.15) is 0 Å². The minimum Gasteiger partial charge on any atom is -0.398 e. The van der Waals surface area contributed by atoms with E-state index in [2.05, 4.69) is 6.92 Å². The fourth-order valence-electron chi connectivity index (χ4n) is 2.08. The number of sulfone groups is 1. The lowest BCUT2D eigenvalue weighted by atomic mass is 10.1. The second kappa shape index (κ2) is 5.67. The van der Waals surface area contributed by atoms with E-state index < -0.39 is 9.84 Å². The van der Waals surface area contributed by atoms with Crippen LogP contribution in [0.5, 0.6) is 0 Å². The second-order valence-electron chi connectivity index (χ2n) is 4.97. The fourth-order valence-corrected chi connectivity index (χ4v) is 3.66. The lowest BCUT2D eigenvalue weighted by Crippen LogP contribution is -2.08. The molecule has 0 bridgehead atoms. The van der Waals surface area contributed by atoms with Crippen LogP contribution in [0.3, 0.4) is 0 Å². The van der Waals surface area contributed by atoms with Gasteiger partial charge in [-0.15, -0.1) is 0 Å². The van der Waals surface area contributed by atoms with E-state index in [1.165, 1.54) is 5.56 Å². The molecule has 0 heterocycles. The van der Waals surface area contributed by atoms with Gasteiger partial charge in [0.1, 0.15) is 0 Å². The van der Waals surface area contributed by atoms with E-state index in [1.807, 2.05) is 37.3 Å². The molecular formula is C16H19NO2S. The maximum absolute atomic E-state index is 12.4. The summed E-state index contributed by atoms with van der Waals surface area (Å²) in [5.41, 5.74) is 8.97. The number of aryl methyl sites for hydroxylation is 2. The average molecular weight is 289 g/mol. The van der Waals surface area contributed by atoms with Gasteiger partial charge in [0.05, 0.1) is 16.3 Å². The standard InChI is InChI=1S/C16H19NO2S/c1-3-13-5-7-14(8-6-13)11-20(18,19)16-10-12(2)4-9-15(16)17/h4-10H,3,11,17H2,1-2H3. The number of anilines is 1. The quantitative estimate of drug-likeness (QED) is 0.880. The molecule has 0 amide bonds. The molecule has 0 radical (unpaired) electrons. The first-order valence-corrected chi connectivity index (χ1v) is 8.24. The van der Waals surface area contributed by atoms with E-state index in [0.29, 0.717) is 5.69 Å². The Bertz CT molecular complexity index is 704. The fraction of sp³-hybridized carbons (Fsp3) is 0.250. The predicted octanol–water partition coefficient (Wildman–Crippen LogP) is 3.11. The third kappa shape index (κ3) is 3.20. The van der Waals surface area contributed by atoms with Crippen molar-refractivity contribution in [1.29, 1.82) is 0 Å². The highest BCUT2D eigenvalue weighted by atomic mass is 32.2. The average Bonchev–Trinajstić information content (AvgIpc) is 2.42. The van der Waals surface area contributed by atoms with Gasteiger partial charge in [-0.05, 0) is 42.2 Å². The molecule has 3 nitrogen and oxygen atoms in total. The largest absolute Gasteiger partial charge is 0.398 e. The first-order valence-electron chi connectivity index (χ1n) is 6.59. The molecule has 2 N–H and O–H groups in total. The highest BCUT2D eigenvalue weighted by molar-refractivity contribution is 7.90. The summed E-state index contributed by atoms with van der Waals surface area (Å²) >= 11 is 0. The van der Waals surface area contributed by atoms with Crippen molar-refractivity contribution in [2.75, 3.05) is 5.73 Å². The van der Waals surface area contributed by atoms with Crippen molar-refractivity contribution < 1.29 is 8.42 Å². The normalized spacial score (nSPS) is 11.5. The van der Waals surface area contributed by atoms with Gasteiger partial charge in [-0.25, -0.2) is 8.42 Å². The number of hydrogen-bond acceptors (Lipinski definition) is 3. The summed E-state index contributed by atoms with van der Waals surface area (Å²) in [6.45, 7) is 3.92. The Balaban J connectivity index is 2.32. The highest BCUT2D eigenvalue weighted by Crippen LogP contribution is 2.23. The Labute approximate surface area is 120 Å². The number of nitrogen functional groups attached to an aromatic ring is 1. The molecule has 0 atom stereocenters. The summed E-state index contributed by atoms with van der Waals surface area (Å²) in [4.78, 5) is 0.220. The van der Waals surface area contributed by atoms with Crippen LogP contribution in [0.4, 0.5) is 5.69 Å². The van der Waals surface area contributed by atoms with Crippen LogP contribution in [0.15, 0.2) is 47.4 Å². The van der Waals surface area contributed by atoms with Crippen LogP contribution in [0, 0.1) is 6.92 Å². The van der Waals surface area contributed by atoms with Crippen LogP contribution in [0.2, 0.25) is 0 Å². The van der Waals surface area contributed by atoms with Gasteiger partial charge in [-0.1, -0.05) is 37.3 Å². The third-order valence-corrected chi connectivity index (χ3v) is 5.03. The Morgan fingerprint density at radius 3 is 2.20 bits per heavy atom. The molecule has 0 saturated carbocycles. The zero-order valence-electron chi connectivity index (χ0n) is 11.8. The molecule has 0 aliphatic heterocycles. The number of nitrogens with two attached hydrogens (primary N) is 1. The van der Waals surface area contributed by atoms with Gasteiger partial charge >= 0.3 is 0 Å². The zero-order valence-corrected chi connectivity index (χ0v) is 12.6. The molecule has 106 valence electrons. The summed E-state index contributed by atoms with van der Waals surface area (Å²) < 4.78 is 24.9. The second-order valence-corrected chi connectivity index (χ2v) is 6.93. The van der Waals surface area contributed by atoms with Crippen molar-refractivity contribution in [3.63, 3.8) is 0 Å². The van der Waals surface area contributed by atoms with Crippen molar-refractivity contribution in [3.8, 4) is 0 Å². The summed E-state index contributed by atoms with van der Waals surface area (Å²) in [5.74, 6) is -0.0232. The summed E-state index contributed by atoms with van der Waals surface area (Å²) in [7, 11) is -3.41. The summed E-state index contributed by atoms with van der Waals surface area (Å²) in [6, 6.07) is 12.7. The lowest BCUT2D eigenvalue weighted by Gasteiger charge is -2.09. The molecule has 0 unspecified atom stereocenters. The minimum atomic E-state index is -3.41. The first-order chi connectivity index (χ1) is 9.42. The van der Waals surface area contributed by atoms with Gasteiger partial charge in [-0.3, -0.25) is 0 Å². The maximum Gasteiger partial charge on any atom is 0.184 e. The lowest BCUT2D eigenvalue weighted by molar-refractivity contribution is 0.595. The monoisotopic (exact) mass is 289 g/mol. The molecular weight excluding hydrogens is 270 g/mol. The third-order valence-electron chi connectivity index (χ3n) is 3.29. The Morgan fingerprint density at radius 2 is 1.60 bits per heavy atom. The summed E-state index contributed by atoms with van der Waals surface area (Å²) in [5, 5.41) is 0. The molecule has 0 spiro atoms. The van der Waals surface area contributed by atoms with E-state index in [-0.39, 0.29) is 10.6 Å². The Hall–Kier alpha value is -1.81. The molecule has 2 aromatic carbocycles. The molecule has 20 heavy (non-hydrogen) atoms. The SMILES string of the molecule is CCc1ccc(CS(=O)(=O)c2cc(C)ccc2N)cc1. The molecule has 4 heteroatoms. The Morgan fingerprint density at radius 1 is 1.00 bits per heavy atom. The molecule has 2 rings (SSSR count). The van der Waals surface area contributed by atoms with E-state index in [4.69, 9.17) is 5.73 Å². The van der Waals surface area contributed by atoms with E-state index >= 15 is 0 Å². The van der Waals surface area contributed by atoms with Crippen molar-refractivity contribution in [1.82, 2.24) is 0 Å². The topological polar surface area (TPSA) is 60.2 Å².